The van der Waals surface area contributed by atoms with E-state index in [4.69, 9.17) is 20.3 Å². The van der Waals surface area contributed by atoms with Crippen LogP contribution in [0.2, 0.25) is 0 Å². The van der Waals surface area contributed by atoms with E-state index < -0.39 is 6.29 Å². The van der Waals surface area contributed by atoms with Gasteiger partial charge in [-0.1, -0.05) is 0 Å². The third-order valence-electron chi connectivity index (χ3n) is 1.36. The molecule has 1 unspecified atom stereocenters. The van der Waals surface area contributed by atoms with E-state index in [1.807, 2.05) is 0 Å². The molecule has 0 radical (unpaired) electrons. The lowest BCUT2D eigenvalue weighted by molar-refractivity contribution is 0.132. The lowest BCUT2D eigenvalue weighted by Crippen LogP contribution is -2.10. The van der Waals surface area contributed by atoms with E-state index in [2.05, 4.69) is 0 Å². The minimum Gasteiger partial charge on any atom is -0.380 e. The highest BCUT2D eigenvalue weighted by molar-refractivity contribution is 4.73. The summed E-state index contributed by atoms with van der Waals surface area (Å²) >= 11 is 0. The summed E-state index contributed by atoms with van der Waals surface area (Å²) in [5.74, 6) is 0. The molecule has 2 atom stereocenters. The van der Waals surface area contributed by atoms with Gasteiger partial charge in [0.15, 0.2) is 6.29 Å². The topological polar surface area (TPSA) is 68.0 Å². The Kier molecular flexibility index (Phi) is 3.08. The number of aliphatic hydroxyl groups is 1. The summed E-state index contributed by atoms with van der Waals surface area (Å²) in [6.07, 6.45) is 0.237. The van der Waals surface area contributed by atoms with Gasteiger partial charge in [0, 0.05) is 19.6 Å². The van der Waals surface area contributed by atoms with Gasteiger partial charge in [0.05, 0.1) is 6.61 Å². The second kappa shape index (κ2) is 3.88. The Morgan fingerprint density at radius 2 is 2.20 bits per heavy atom. The highest BCUT2D eigenvalue weighted by atomic mass is 16.7. The summed E-state index contributed by atoms with van der Waals surface area (Å²) in [6.45, 7) is 1.76. The normalized spacial score (nSPS) is 30.6. The molecule has 4 heteroatoms. The molecule has 0 aromatic heterocycles. The Labute approximate surface area is 59.9 Å². The first kappa shape index (κ1) is 7.94. The van der Waals surface area contributed by atoms with E-state index in [-0.39, 0.29) is 6.10 Å². The minimum absolute atomic E-state index is 0.0118. The summed E-state index contributed by atoms with van der Waals surface area (Å²) < 4.78 is 9.81. The predicted molar refractivity (Wildman–Crippen MR) is 35.4 cm³/mol. The van der Waals surface area contributed by atoms with E-state index >= 15 is 0 Å². The van der Waals surface area contributed by atoms with Crippen LogP contribution in [0.4, 0.5) is 0 Å². The van der Waals surface area contributed by atoms with Gasteiger partial charge in [0.1, 0.15) is 6.10 Å². The van der Waals surface area contributed by atoms with Crippen LogP contribution in [-0.4, -0.2) is 37.3 Å². The smallest absolute Gasteiger partial charge is 0.181 e. The van der Waals surface area contributed by atoms with Crippen LogP contribution < -0.4 is 5.73 Å². The van der Waals surface area contributed by atoms with E-state index in [1.54, 1.807) is 0 Å². The van der Waals surface area contributed by atoms with Crippen LogP contribution in [0.25, 0.3) is 0 Å². The monoisotopic (exact) mass is 147 g/mol. The van der Waals surface area contributed by atoms with Crippen molar-refractivity contribution < 1.29 is 14.6 Å². The second-order valence-corrected chi connectivity index (χ2v) is 2.25. The molecule has 1 aliphatic heterocycles. The van der Waals surface area contributed by atoms with Crippen LogP contribution in [0.15, 0.2) is 0 Å². The minimum atomic E-state index is -0.540. The molecule has 0 aromatic carbocycles. The van der Waals surface area contributed by atoms with Gasteiger partial charge in [-0.25, -0.2) is 0 Å². The maximum atomic E-state index is 8.68. The molecule has 1 heterocycles. The standard InChI is InChI=1S/C6H13NO3/c7-2-4-9-3-1-5-6(8)10-5/h5-6,8H,1-4,7H2/t5?,6-/m0/s1. The van der Waals surface area contributed by atoms with Crippen molar-refractivity contribution in [3.63, 3.8) is 0 Å². The van der Waals surface area contributed by atoms with Crippen LogP contribution >= 0.6 is 0 Å². The van der Waals surface area contributed by atoms with Crippen molar-refractivity contribution in [1.29, 1.82) is 0 Å². The van der Waals surface area contributed by atoms with Crippen molar-refractivity contribution in [1.82, 2.24) is 0 Å². The highest BCUT2D eigenvalue weighted by Crippen LogP contribution is 2.21. The van der Waals surface area contributed by atoms with Gasteiger partial charge in [-0.2, -0.15) is 0 Å². The largest absolute Gasteiger partial charge is 0.380 e. The number of rotatable bonds is 5. The Hall–Kier alpha value is -0.160. The van der Waals surface area contributed by atoms with Gasteiger partial charge in [0.25, 0.3) is 0 Å². The Bertz CT molecular complexity index is 99.0. The third-order valence-corrected chi connectivity index (χ3v) is 1.36. The molecule has 0 aromatic rings. The van der Waals surface area contributed by atoms with E-state index in [0.29, 0.717) is 19.8 Å². The molecule has 1 fully saturated rings. The second-order valence-electron chi connectivity index (χ2n) is 2.25. The molecule has 0 spiro atoms. The fourth-order valence-corrected chi connectivity index (χ4v) is 0.729. The Morgan fingerprint density at radius 3 is 2.70 bits per heavy atom. The first-order valence-corrected chi connectivity index (χ1v) is 3.46. The summed E-state index contributed by atoms with van der Waals surface area (Å²) in [7, 11) is 0. The fraction of sp³-hybridized carbons (Fsp3) is 1.00. The van der Waals surface area contributed by atoms with Crippen LogP contribution in [-0.2, 0) is 9.47 Å². The molecule has 0 amide bonds. The van der Waals surface area contributed by atoms with Gasteiger partial charge in [-0.3, -0.25) is 0 Å². The summed E-state index contributed by atoms with van der Waals surface area (Å²) in [6, 6.07) is 0. The quantitative estimate of drug-likeness (QED) is 0.389. The predicted octanol–water partition coefficient (Wildman–Crippen LogP) is -0.931. The van der Waals surface area contributed by atoms with E-state index in [9.17, 15) is 0 Å². The van der Waals surface area contributed by atoms with Gasteiger partial charge in [-0.05, 0) is 0 Å². The highest BCUT2D eigenvalue weighted by Gasteiger charge is 2.35. The zero-order chi connectivity index (χ0) is 7.40. The molecule has 1 saturated heterocycles. The molecule has 60 valence electrons. The van der Waals surface area contributed by atoms with Crippen LogP contribution in [0.5, 0.6) is 0 Å². The number of nitrogens with two attached hydrogens (primary N) is 1. The van der Waals surface area contributed by atoms with Gasteiger partial charge in [0.2, 0.25) is 0 Å². The van der Waals surface area contributed by atoms with Crippen molar-refractivity contribution >= 4 is 0 Å². The number of aliphatic hydroxyl groups excluding tert-OH is 1. The molecular formula is C6H13NO3. The maximum Gasteiger partial charge on any atom is 0.181 e. The molecule has 4 nitrogen and oxygen atoms in total. The summed E-state index contributed by atoms with van der Waals surface area (Å²) in [4.78, 5) is 0. The Morgan fingerprint density at radius 1 is 1.50 bits per heavy atom. The van der Waals surface area contributed by atoms with Crippen LogP contribution in [0.3, 0.4) is 0 Å². The molecule has 0 bridgehead atoms. The van der Waals surface area contributed by atoms with Crippen molar-refractivity contribution in [3.05, 3.63) is 0 Å². The molecule has 10 heavy (non-hydrogen) atoms. The molecular weight excluding hydrogens is 134 g/mol. The zero-order valence-corrected chi connectivity index (χ0v) is 5.82. The van der Waals surface area contributed by atoms with Crippen molar-refractivity contribution in [3.8, 4) is 0 Å². The number of epoxide rings is 1. The fourth-order valence-electron chi connectivity index (χ4n) is 0.729. The van der Waals surface area contributed by atoms with Crippen LogP contribution in [0.1, 0.15) is 6.42 Å². The average molecular weight is 147 g/mol. The third kappa shape index (κ3) is 2.62. The van der Waals surface area contributed by atoms with E-state index in [0.717, 1.165) is 6.42 Å². The number of ether oxygens (including phenoxy) is 2. The number of hydrogen-bond acceptors (Lipinski definition) is 4. The zero-order valence-electron chi connectivity index (χ0n) is 5.82. The first-order chi connectivity index (χ1) is 4.84. The van der Waals surface area contributed by atoms with Gasteiger partial charge in [-0.15, -0.1) is 0 Å². The van der Waals surface area contributed by atoms with Crippen LogP contribution in [0, 0.1) is 0 Å². The first-order valence-electron chi connectivity index (χ1n) is 3.46. The van der Waals surface area contributed by atoms with Crippen molar-refractivity contribution in [2.24, 2.45) is 5.73 Å². The van der Waals surface area contributed by atoms with Gasteiger partial charge >= 0.3 is 0 Å². The van der Waals surface area contributed by atoms with Gasteiger partial charge < -0.3 is 20.3 Å². The lowest BCUT2D eigenvalue weighted by atomic mass is 10.3. The van der Waals surface area contributed by atoms with E-state index in [1.165, 1.54) is 0 Å². The average Bonchev–Trinajstić information content (AvgIpc) is 2.60. The molecule has 1 aliphatic rings. The summed E-state index contributed by atoms with van der Waals surface area (Å²) in [5.41, 5.74) is 5.18. The number of hydrogen-bond donors (Lipinski definition) is 2. The summed E-state index contributed by atoms with van der Waals surface area (Å²) in [5, 5.41) is 8.68. The molecule has 1 rings (SSSR count). The maximum absolute atomic E-state index is 8.68. The molecule has 3 N–H and O–H groups in total. The van der Waals surface area contributed by atoms with Crippen molar-refractivity contribution in [2.75, 3.05) is 19.8 Å². The SMILES string of the molecule is NCCOCCC1O[C@@H]1O. The van der Waals surface area contributed by atoms with Crippen molar-refractivity contribution in [2.45, 2.75) is 18.8 Å². The molecule has 0 aliphatic carbocycles. The lowest BCUT2D eigenvalue weighted by Gasteiger charge is -1.97. The Balaban J connectivity index is 1.78. The molecule has 0 saturated carbocycles.